The molecule has 7 heteroatoms. The van der Waals surface area contributed by atoms with E-state index in [1.54, 1.807) is 47.0 Å². The highest BCUT2D eigenvalue weighted by atomic mass is 32.2. The molecule has 0 atom stereocenters. The molecule has 27 heavy (non-hydrogen) atoms. The first-order chi connectivity index (χ1) is 13.1. The summed E-state index contributed by atoms with van der Waals surface area (Å²) in [5, 5.41) is 0. The second-order valence-electron chi connectivity index (χ2n) is 6.39. The fourth-order valence-electron chi connectivity index (χ4n) is 3.00. The summed E-state index contributed by atoms with van der Waals surface area (Å²) in [6, 6.07) is 18.7. The Morgan fingerprint density at radius 1 is 0.889 bits per heavy atom. The first-order valence-electron chi connectivity index (χ1n) is 9.02. The van der Waals surface area contributed by atoms with Crippen LogP contribution in [-0.4, -0.2) is 61.2 Å². The highest BCUT2D eigenvalue weighted by Gasteiger charge is 2.29. The highest BCUT2D eigenvalue weighted by molar-refractivity contribution is 7.99. The SMILES string of the molecule is O=C(CSCCc1ccccc1)N1CCN(S(=O)(=O)c2ccccc2)CC1. The van der Waals surface area contributed by atoms with Gasteiger partial charge in [0.25, 0.3) is 0 Å². The van der Waals surface area contributed by atoms with Crippen LogP contribution in [0.5, 0.6) is 0 Å². The Labute approximate surface area is 165 Å². The van der Waals surface area contributed by atoms with E-state index in [2.05, 4.69) is 12.1 Å². The summed E-state index contributed by atoms with van der Waals surface area (Å²) < 4.78 is 26.7. The molecule has 1 fully saturated rings. The molecule has 144 valence electrons. The number of carbonyl (C=O) groups excluding carboxylic acids is 1. The van der Waals surface area contributed by atoms with Crippen LogP contribution in [-0.2, 0) is 21.2 Å². The monoisotopic (exact) mass is 404 g/mol. The third-order valence-electron chi connectivity index (χ3n) is 4.58. The molecule has 1 aliphatic rings. The van der Waals surface area contributed by atoms with Crippen molar-refractivity contribution in [3.8, 4) is 0 Å². The second kappa shape index (κ2) is 9.39. The summed E-state index contributed by atoms with van der Waals surface area (Å²) in [7, 11) is -3.47. The molecular formula is C20H24N2O3S2. The van der Waals surface area contributed by atoms with Crippen molar-refractivity contribution in [3.05, 3.63) is 66.2 Å². The van der Waals surface area contributed by atoms with Gasteiger partial charge in [-0.2, -0.15) is 16.1 Å². The van der Waals surface area contributed by atoms with E-state index in [1.807, 2.05) is 18.2 Å². The number of aryl methyl sites for hydroxylation is 1. The maximum atomic E-state index is 12.6. The zero-order valence-corrected chi connectivity index (χ0v) is 16.8. The number of nitrogens with zero attached hydrogens (tertiary/aromatic N) is 2. The molecule has 0 spiro atoms. The predicted octanol–water partition coefficient (Wildman–Crippen LogP) is 2.50. The van der Waals surface area contributed by atoms with Gasteiger partial charge in [-0.05, 0) is 29.9 Å². The normalized spacial score (nSPS) is 15.6. The minimum absolute atomic E-state index is 0.0878. The van der Waals surface area contributed by atoms with Gasteiger partial charge in [-0.3, -0.25) is 4.79 Å². The largest absolute Gasteiger partial charge is 0.339 e. The van der Waals surface area contributed by atoms with E-state index in [0.29, 0.717) is 36.8 Å². The van der Waals surface area contributed by atoms with E-state index in [9.17, 15) is 13.2 Å². The average molecular weight is 405 g/mol. The lowest BCUT2D eigenvalue weighted by molar-refractivity contribution is -0.129. The lowest BCUT2D eigenvalue weighted by atomic mass is 10.2. The molecule has 1 amide bonds. The van der Waals surface area contributed by atoms with Gasteiger partial charge in [-0.25, -0.2) is 8.42 Å². The number of hydrogen-bond acceptors (Lipinski definition) is 4. The maximum Gasteiger partial charge on any atom is 0.243 e. The maximum absolute atomic E-state index is 12.6. The third kappa shape index (κ3) is 5.34. The van der Waals surface area contributed by atoms with Crippen molar-refractivity contribution in [2.45, 2.75) is 11.3 Å². The smallest absolute Gasteiger partial charge is 0.243 e. The second-order valence-corrected chi connectivity index (χ2v) is 9.43. The van der Waals surface area contributed by atoms with Crippen LogP contribution in [0.3, 0.4) is 0 Å². The van der Waals surface area contributed by atoms with Gasteiger partial charge in [-0.15, -0.1) is 0 Å². The van der Waals surface area contributed by atoms with Gasteiger partial charge in [0.15, 0.2) is 0 Å². The van der Waals surface area contributed by atoms with Crippen molar-refractivity contribution in [3.63, 3.8) is 0 Å². The van der Waals surface area contributed by atoms with E-state index in [-0.39, 0.29) is 5.91 Å². The number of piperazine rings is 1. The number of hydrogen-bond donors (Lipinski definition) is 0. The van der Waals surface area contributed by atoms with E-state index in [1.165, 1.54) is 9.87 Å². The summed E-state index contributed by atoms with van der Waals surface area (Å²) in [5.41, 5.74) is 1.28. The standard InChI is InChI=1S/C20H24N2O3S2/c23-20(17-26-16-11-18-7-3-1-4-8-18)21-12-14-22(15-13-21)27(24,25)19-9-5-2-6-10-19/h1-10H,11-17H2. The average Bonchev–Trinajstić information content (AvgIpc) is 2.72. The molecule has 0 aromatic heterocycles. The molecule has 2 aromatic carbocycles. The van der Waals surface area contributed by atoms with Crippen molar-refractivity contribution in [1.29, 1.82) is 0 Å². The summed E-state index contributed by atoms with van der Waals surface area (Å²) in [5.74, 6) is 1.43. The minimum Gasteiger partial charge on any atom is -0.339 e. The fourth-order valence-corrected chi connectivity index (χ4v) is 5.33. The Hall–Kier alpha value is -1.83. The quantitative estimate of drug-likeness (QED) is 0.666. The lowest BCUT2D eigenvalue weighted by Gasteiger charge is -2.34. The van der Waals surface area contributed by atoms with Crippen LogP contribution in [0.1, 0.15) is 5.56 Å². The molecule has 0 N–H and O–H groups in total. The van der Waals surface area contributed by atoms with Gasteiger partial charge in [0.1, 0.15) is 0 Å². The van der Waals surface area contributed by atoms with Gasteiger partial charge in [-0.1, -0.05) is 48.5 Å². The van der Waals surface area contributed by atoms with Crippen LogP contribution < -0.4 is 0 Å². The molecule has 1 saturated heterocycles. The van der Waals surface area contributed by atoms with Crippen molar-refractivity contribution >= 4 is 27.7 Å². The van der Waals surface area contributed by atoms with Crippen LogP contribution in [0.4, 0.5) is 0 Å². The number of amides is 1. The zero-order chi connectivity index (χ0) is 19.1. The van der Waals surface area contributed by atoms with Crippen molar-refractivity contribution in [1.82, 2.24) is 9.21 Å². The van der Waals surface area contributed by atoms with E-state index in [0.717, 1.165) is 12.2 Å². The third-order valence-corrected chi connectivity index (χ3v) is 7.43. The number of thioether (sulfide) groups is 1. The van der Waals surface area contributed by atoms with Gasteiger partial charge < -0.3 is 4.90 Å². The summed E-state index contributed by atoms with van der Waals surface area (Å²) in [4.78, 5) is 14.4. The molecule has 1 heterocycles. The number of benzene rings is 2. The first-order valence-corrected chi connectivity index (χ1v) is 11.6. The van der Waals surface area contributed by atoms with Gasteiger partial charge >= 0.3 is 0 Å². The van der Waals surface area contributed by atoms with E-state index >= 15 is 0 Å². The molecule has 0 aliphatic carbocycles. The molecule has 1 aliphatic heterocycles. The first kappa shape index (κ1) is 19.9. The number of rotatable bonds is 7. The Kier molecular flexibility index (Phi) is 6.93. The topological polar surface area (TPSA) is 57.7 Å². The molecule has 0 bridgehead atoms. The Balaban J connectivity index is 1.43. The predicted molar refractivity (Wildman–Crippen MR) is 109 cm³/mol. The van der Waals surface area contributed by atoms with E-state index in [4.69, 9.17) is 0 Å². The summed E-state index contributed by atoms with van der Waals surface area (Å²) >= 11 is 1.63. The molecule has 0 saturated carbocycles. The number of carbonyl (C=O) groups is 1. The van der Waals surface area contributed by atoms with Crippen molar-refractivity contribution in [2.75, 3.05) is 37.7 Å². The van der Waals surface area contributed by atoms with Gasteiger partial charge in [0, 0.05) is 26.2 Å². The lowest BCUT2D eigenvalue weighted by Crippen LogP contribution is -2.51. The molecule has 5 nitrogen and oxygen atoms in total. The molecule has 2 aromatic rings. The summed E-state index contributed by atoms with van der Waals surface area (Å²) in [6.45, 7) is 1.59. The zero-order valence-electron chi connectivity index (χ0n) is 15.2. The molecule has 0 unspecified atom stereocenters. The van der Waals surface area contributed by atoms with Crippen LogP contribution >= 0.6 is 11.8 Å². The Morgan fingerprint density at radius 3 is 2.11 bits per heavy atom. The van der Waals surface area contributed by atoms with Crippen LogP contribution in [0, 0.1) is 0 Å². The Morgan fingerprint density at radius 2 is 1.48 bits per heavy atom. The molecule has 3 rings (SSSR count). The summed E-state index contributed by atoms with van der Waals surface area (Å²) in [6.07, 6.45) is 0.946. The van der Waals surface area contributed by atoms with Crippen LogP contribution in [0.2, 0.25) is 0 Å². The Bertz CT molecular complexity index is 834. The molecule has 0 radical (unpaired) electrons. The van der Waals surface area contributed by atoms with Crippen molar-refractivity contribution in [2.24, 2.45) is 0 Å². The van der Waals surface area contributed by atoms with E-state index < -0.39 is 10.0 Å². The van der Waals surface area contributed by atoms with Crippen LogP contribution in [0.25, 0.3) is 0 Å². The highest BCUT2D eigenvalue weighted by Crippen LogP contribution is 2.18. The number of sulfonamides is 1. The molecular weight excluding hydrogens is 380 g/mol. The van der Waals surface area contributed by atoms with Crippen LogP contribution in [0.15, 0.2) is 65.6 Å². The van der Waals surface area contributed by atoms with Gasteiger partial charge in [0.2, 0.25) is 15.9 Å². The van der Waals surface area contributed by atoms with Crippen molar-refractivity contribution < 1.29 is 13.2 Å². The minimum atomic E-state index is -3.47. The fraction of sp³-hybridized carbons (Fsp3) is 0.350. The van der Waals surface area contributed by atoms with Gasteiger partial charge in [0.05, 0.1) is 10.6 Å².